The summed E-state index contributed by atoms with van der Waals surface area (Å²) in [5, 5.41) is 2.58. The molecule has 0 aliphatic heterocycles. The van der Waals surface area contributed by atoms with Gasteiger partial charge < -0.3 is 5.32 Å². The minimum atomic E-state index is -3.28. The first-order valence-electron chi connectivity index (χ1n) is 11.9. The molecule has 6 heteroatoms. The Kier molecular flexibility index (Phi) is 7.49. The van der Waals surface area contributed by atoms with E-state index >= 15 is 0 Å². The predicted molar refractivity (Wildman–Crippen MR) is 139 cm³/mol. The number of anilines is 1. The maximum absolute atomic E-state index is 12.7. The van der Waals surface area contributed by atoms with Crippen molar-refractivity contribution in [2.45, 2.75) is 50.8 Å². The molecule has 34 heavy (non-hydrogen) atoms. The van der Waals surface area contributed by atoms with Gasteiger partial charge in [0.1, 0.15) is 0 Å². The van der Waals surface area contributed by atoms with Crippen molar-refractivity contribution < 1.29 is 13.2 Å². The lowest BCUT2D eigenvalue weighted by atomic mass is 9.86. The van der Waals surface area contributed by atoms with E-state index in [2.05, 4.69) is 46.4 Å². The zero-order valence-corrected chi connectivity index (χ0v) is 20.5. The van der Waals surface area contributed by atoms with Crippen molar-refractivity contribution in [3.8, 4) is 22.3 Å². The normalized spacial score (nSPS) is 18.6. The van der Waals surface area contributed by atoms with E-state index in [-0.39, 0.29) is 17.9 Å². The summed E-state index contributed by atoms with van der Waals surface area (Å²) in [6, 6.07) is 26.6. The number of hydrogen-bond acceptors (Lipinski definition) is 3. The summed E-state index contributed by atoms with van der Waals surface area (Å²) >= 11 is 0. The van der Waals surface area contributed by atoms with E-state index in [9.17, 15) is 13.2 Å². The van der Waals surface area contributed by atoms with Crippen molar-refractivity contribution in [3.05, 3.63) is 78.9 Å². The fourth-order valence-corrected chi connectivity index (χ4v) is 5.29. The first-order valence-corrected chi connectivity index (χ1v) is 13.4. The van der Waals surface area contributed by atoms with Gasteiger partial charge in [0.15, 0.2) is 0 Å². The van der Waals surface area contributed by atoms with Crippen molar-refractivity contribution >= 4 is 21.6 Å². The summed E-state index contributed by atoms with van der Waals surface area (Å²) in [6.45, 7) is 3.35. The average Bonchev–Trinajstić information content (AvgIpc) is 2.85. The zero-order chi connectivity index (χ0) is 24.1. The number of carbonyl (C=O) groups excluding carboxylic acids is 1. The summed E-state index contributed by atoms with van der Waals surface area (Å²) < 4.78 is 26.9. The molecule has 3 aromatic rings. The van der Waals surface area contributed by atoms with Gasteiger partial charge in [-0.15, -0.1) is 0 Å². The fraction of sp³-hybridized carbons (Fsp3) is 0.321. The summed E-state index contributed by atoms with van der Waals surface area (Å²) in [5.41, 5.74) is 5.37. The van der Waals surface area contributed by atoms with Crippen LogP contribution in [-0.4, -0.2) is 25.6 Å². The monoisotopic (exact) mass is 476 g/mol. The molecule has 0 spiro atoms. The summed E-state index contributed by atoms with van der Waals surface area (Å²) in [5.74, 6) is -0.0878. The van der Waals surface area contributed by atoms with Crippen LogP contribution in [0, 0.1) is 5.92 Å². The Morgan fingerprint density at radius 2 is 1.21 bits per heavy atom. The van der Waals surface area contributed by atoms with Crippen LogP contribution in [0.1, 0.15) is 39.5 Å². The van der Waals surface area contributed by atoms with Gasteiger partial charge in [0.2, 0.25) is 15.9 Å². The number of rotatable bonds is 7. The van der Waals surface area contributed by atoms with E-state index in [0.29, 0.717) is 25.7 Å². The molecule has 1 aliphatic rings. The molecular weight excluding hydrogens is 444 g/mol. The Labute approximate surface area is 202 Å². The van der Waals surface area contributed by atoms with Gasteiger partial charge in [-0.1, -0.05) is 66.7 Å². The van der Waals surface area contributed by atoms with Crippen LogP contribution in [0.25, 0.3) is 22.3 Å². The van der Waals surface area contributed by atoms with Gasteiger partial charge in [-0.05, 0) is 73.9 Å². The smallest absolute Gasteiger partial charge is 0.227 e. The molecule has 1 aliphatic carbocycles. The third-order valence-corrected chi connectivity index (χ3v) is 8.43. The molecule has 2 N–H and O–H groups in total. The van der Waals surface area contributed by atoms with Crippen LogP contribution >= 0.6 is 0 Å². The highest BCUT2D eigenvalue weighted by Gasteiger charge is 2.29. The number of amides is 1. The first-order chi connectivity index (χ1) is 16.3. The minimum absolute atomic E-state index is 0.00475. The maximum Gasteiger partial charge on any atom is 0.227 e. The second kappa shape index (κ2) is 10.5. The topological polar surface area (TPSA) is 75.3 Å². The lowest BCUT2D eigenvalue weighted by Crippen LogP contribution is -2.42. The number of benzene rings is 3. The molecule has 0 atom stereocenters. The molecule has 4 rings (SSSR count). The van der Waals surface area contributed by atoms with Crippen molar-refractivity contribution in [1.82, 2.24) is 4.72 Å². The Balaban J connectivity index is 1.31. The third-order valence-electron chi connectivity index (χ3n) is 6.53. The molecule has 1 fully saturated rings. The van der Waals surface area contributed by atoms with Crippen LogP contribution in [-0.2, 0) is 14.8 Å². The van der Waals surface area contributed by atoms with Crippen molar-refractivity contribution in [2.75, 3.05) is 5.32 Å². The van der Waals surface area contributed by atoms with E-state index < -0.39 is 15.3 Å². The molecule has 0 bridgehead atoms. The number of nitrogens with one attached hydrogen (secondary N) is 2. The Hall–Kier alpha value is -2.96. The van der Waals surface area contributed by atoms with Crippen LogP contribution in [0.3, 0.4) is 0 Å². The Bertz CT molecular complexity index is 1200. The molecule has 1 saturated carbocycles. The molecule has 0 aromatic heterocycles. The number of carbonyl (C=O) groups is 1. The summed E-state index contributed by atoms with van der Waals surface area (Å²) in [7, 11) is -3.28. The molecule has 1 amide bonds. The highest BCUT2D eigenvalue weighted by Crippen LogP contribution is 2.28. The van der Waals surface area contributed by atoms with Crippen LogP contribution in [0.2, 0.25) is 0 Å². The van der Waals surface area contributed by atoms with Gasteiger partial charge in [0, 0.05) is 17.6 Å². The highest BCUT2D eigenvalue weighted by molar-refractivity contribution is 7.90. The lowest BCUT2D eigenvalue weighted by Gasteiger charge is -2.28. The van der Waals surface area contributed by atoms with Crippen molar-refractivity contribution in [3.63, 3.8) is 0 Å². The maximum atomic E-state index is 12.7. The van der Waals surface area contributed by atoms with Gasteiger partial charge in [-0.3, -0.25) is 4.79 Å². The predicted octanol–water partition coefficient (Wildman–Crippen LogP) is 5.85. The van der Waals surface area contributed by atoms with Crippen LogP contribution in [0.5, 0.6) is 0 Å². The SMILES string of the molecule is CC(C)S(=O)(=O)NC1CCC(C(=O)Nc2ccc(-c3ccc(-c4ccccc4)cc3)cc2)CC1. The van der Waals surface area contributed by atoms with Crippen molar-refractivity contribution in [1.29, 1.82) is 0 Å². The van der Waals surface area contributed by atoms with Crippen LogP contribution in [0.4, 0.5) is 5.69 Å². The van der Waals surface area contributed by atoms with Crippen LogP contribution in [0.15, 0.2) is 78.9 Å². The van der Waals surface area contributed by atoms with E-state index in [1.807, 2.05) is 42.5 Å². The molecule has 178 valence electrons. The van der Waals surface area contributed by atoms with E-state index in [4.69, 9.17) is 0 Å². The quantitative estimate of drug-likeness (QED) is 0.449. The average molecular weight is 477 g/mol. The number of hydrogen-bond donors (Lipinski definition) is 2. The largest absolute Gasteiger partial charge is 0.326 e. The minimum Gasteiger partial charge on any atom is -0.326 e. The Morgan fingerprint density at radius 3 is 1.71 bits per heavy atom. The molecule has 0 unspecified atom stereocenters. The summed E-state index contributed by atoms with van der Waals surface area (Å²) in [4.78, 5) is 12.7. The highest BCUT2D eigenvalue weighted by atomic mass is 32.2. The van der Waals surface area contributed by atoms with E-state index in [1.54, 1.807) is 13.8 Å². The fourth-order valence-electron chi connectivity index (χ4n) is 4.32. The number of sulfonamides is 1. The zero-order valence-electron chi connectivity index (χ0n) is 19.7. The van der Waals surface area contributed by atoms with Gasteiger partial charge in [0.05, 0.1) is 5.25 Å². The van der Waals surface area contributed by atoms with E-state index in [0.717, 1.165) is 16.8 Å². The first kappa shape index (κ1) is 24.2. The van der Waals surface area contributed by atoms with Gasteiger partial charge >= 0.3 is 0 Å². The molecule has 5 nitrogen and oxygen atoms in total. The third kappa shape index (κ3) is 5.93. The second-order valence-corrected chi connectivity index (χ2v) is 11.5. The lowest BCUT2D eigenvalue weighted by molar-refractivity contribution is -0.120. The summed E-state index contributed by atoms with van der Waals surface area (Å²) in [6.07, 6.45) is 2.73. The molecule has 0 saturated heterocycles. The molecule has 0 radical (unpaired) electrons. The van der Waals surface area contributed by atoms with Crippen molar-refractivity contribution in [2.24, 2.45) is 5.92 Å². The van der Waals surface area contributed by atoms with Gasteiger partial charge in [-0.2, -0.15) is 0 Å². The van der Waals surface area contributed by atoms with E-state index in [1.165, 1.54) is 11.1 Å². The molecule has 0 heterocycles. The second-order valence-electron chi connectivity index (χ2n) is 9.27. The van der Waals surface area contributed by atoms with Gasteiger partial charge in [0.25, 0.3) is 0 Å². The van der Waals surface area contributed by atoms with Gasteiger partial charge in [-0.25, -0.2) is 13.1 Å². The standard InChI is InChI=1S/C28H32N2O3S/c1-20(2)34(32,33)30-27-18-14-25(15-19-27)28(31)29-26-16-12-24(13-17-26)23-10-8-22(9-11-23)21-6-4-3-5-7-21/h3-13,16-17,20,25,27,30H,14-15,18-19H2,1-2H3,(H,29,31). The molecule has 3 aromatic carbocycles. The van der Waals surface area contributed by atoms with Crippen LogP contribution < -0.4 is 10.0 Å². The Morgan fingerprint density at radius 1 is 0.735 bits per heavy atom. The molecular formula is C28H32N2O3S.